The fourth-order valence-corrected chi connectivity index (χ4v) is 20.5. The van der Waals surface area contributed by atoms with Crippen molar-refractivity contribution in [2.75, 3.05) is 0 Å². The van der Waals surface area contributed by atoms with Crippen LogP contribution in [0.1, 0.15) is 171 Å². The van der Waals surface area contributed by atoms with E-state index in [4.69, 9.17) is 4.74 Å². The third-order valence-electron chi connectivity index (χ3n) is 23.9. The maximum atomic E-state index is 15.0. The molecule has 0 N–H and O–H groups in total. The maximum absolute atomic E-state index is 15.0. The summed E-state index contributed by atoms with van der Waals surface area (Å²) in [6.07, 6.45) is 21.5. The van der Waals surface area contributed by atoms with Crippen molar-refractivity contribution < 1.29 is 23.9 Å². The molecule has 61 heavy (non-hydrogen) atoms. The number of fused-ring (bicyclic) bond motifs is 14. The number of rotatable bonds is 2. The molecule has 0 spiro atoms. The largest absolute Gasteiger partial charge is 0.392 e. The Bertz CT molecular complexity index is 1990. The van der Waals surface area contributed by atoms with Crippen LogP contribution in [0.25, 0.3) is 0 Å². The maximum Gasteiger partial charge on any atom is 0.320 e. The molecule has 10 aliphatic rings. The van der Waals surface area contributed by atoms with Crippen molar-refractivity contribution in [3.05, 3.63) is 23.3 Å². The van der Waals surface area contributed by atoms with Gasteiger partial charge in [-0.1, -0.05) is 80.4 Å². The zero-order chi connectivity index (χ0) is 43.5. The number of allylic oxidation sites excluding steroid dienone is 4. The van der Waals surface area contributed by atoms with Gasteiger partial charge in [-0.25, -0.2) is 0 Å². The van der Waals surface area contributed by atoms with Gasteiger partial charge in [0.1, 0.15) is 12.1 Å². The lowest BCUT2D eigenvalue weighted by molar-refractivity contribution is -0.223. The fourth-order valence-electron chi connectivity index (χ4n) is 20.5. The van der Waals surface area contributed by atoms with Crippen LogP contribution in [0.5, 0.6) is 0 Å². The summed E-state index contributed by atoms with van der Waals surface area (Å²) >= 11 is 0. The molecule has 0 bridgehead atoms. The quantitative estimate of drug-likeness (QED) is 0.200. The highest BCUT2D eigenvalue weighted by Crippen LogP contribution is 2.78. The molecule has 0 saturated heterocycles. The number of nitrogens with zero attached hydrogens (tertiary/aromatic N) is 2. The van der Waals surface area contributed by atoms with E-state index in [0.717, 1.165) is 116 Å². The van der Waals surface area contributed by atoms with Crippen molar-refractivity contribution in [3.63, 3.8) is 0 Å². The van der Waals surface area contributed by atoms with Crippen LogP contribution >= 0.6 is 0 Å². The molecule has 10 aliphatic carbocycles. The van der Waals surface area contributed by atoms with E-state index in [1.807, 2.05) is 13.8 Å². The first-order chi connectivity index (χ1) is 28.8. The van der Waals surface area contributed by atoms with Gasteiger partial charge in [0, 0.05) is 11.8 Å². The number of nitriles is 2. The van der Waals surface area contributed by atoms with Crippen LogP contribution in [0.4, 0.5) is 0 Å². The molecule has 7 nitrogen and oxygen atoms in total. The van der Waals surface area contributed by atoms with Crippen LogP contribution in [-0.4, -0.2) is 23.5 Å². The summed E-state index contributed by atoms with van der Waals surface area (Å²) in [5.74, 6) is 1.72. The van der Waals surface area contributed by atoms with Gasteiger partial charge in [-0.2, -0.15) is 10.5 Å². The number of Topliss-reactive ketones (excluding diaryl/α,β-unsaturated/α-hetero) is 2. The summed E-state index contributed by atoms with van der Waals surface area (Å²) < 4.78 is 6.47. The third kappa shape index (κ3) is 4.92. The highest BCUT2D eigenvalue weighted by atomic mass is 16.6. The number of hydrogen-bond donors (Lipinski definition) is 0. The van der Waals surface area contributed by atoms with E-state index in [2.05, 4.69) is 65.8 Å². The average molecular weight is 829 g/mol. The molecule has 0 amide bonds. The van der Waals surface area contributed by atoms with Crippen LogP contribution in [-0.2, 0) is 23.9 Å². The van der Waals surface area contributed by atoms with Gasteiger partial charge in [-0.15, -0.1) is 0 Å². The lowest BCUT2D eigenvalue weighted by atomic mass is 9.34. The minimum Gasteiger partial charge on any atom is -0.392 e. The van der Waals surface area contributed by atoms with Gasteiger partial charge in [-0.05, 0) is 183 Å². The molecule has 328 valence electrons. The summed E-state index contributed by atoms with van der Waals surface area (Å²) in [5.41, 5.74) is -0.848. The molecule has 0 heterocycles. The Morgan fingerprint density at radius 1 is 0.508 bits per heavy atom. The zero-order valence-corrected chi connectivity index (χ0v) is 38.6. The van der Waals surface area contributed by atoms with E-state index >= 15 is 9.59 Å². The van der Waals surface area contributed by atoms with Crippen molar-refractivity contribution >= 4 is 23.5 Å². The van der Waals surface area contributed by atoms with Gasteiger partial charge in [0.2, 0.25) is 0 Å². The Hall–Kier alpha value is -3.06. The summed E-state index contributed by atoms with van der Waals surface area (Å²) in [6, 6.07) is 4.55. The molecule has 8 fully saturated rings. The average Bonchev–Trinajstić information content (AvgIpc) is 3.88. The lowest BCUT2D eigenvalue weighted by Gasteiger charge is -2.70. The second-order valence-corrected chi connectivity index (χ2v) is 24.8. The van der Waals surface area contributed by atoms with E-state index in [-0.39, 0.29) is 91.5 Å². The van der Waals surface area contributed by atoms with Crippen molar-refractivity contribution in [3.8, 4) is 12.1 Å². The first-order valence-electron chi connectivity index (χ1n) is 24.9. The van der Waals surface area contributed by atoms with Gasteiger partial charge in [0.15, 0.2) is 11.6 Å². The predicted molar refractivity (Wildman–Crippen MR) is 231 cm³/mol. The summed E-state index contributed by atoms with van der Waals surface area (Å²) in [4.78, 5) is 56.5. The van der Waals surface area contributed by atoms with Gasteiger partial charge in [-0.3, -0.25) is 19.2 Å². The van der Waals surface area contributed by atoms with E-state index in [0.29, 0.717) is 34.8 Å². The van der Waals surface area contributed by atoms with E-state index < -0.39 is 10.8 Å². The summed E-state index contributed by atoms with van der Waals surface area (Å²) in [7, 11) is 0. The van der Waals surface area contributed by atoms with E-state index in [9.17, 15) is 20.1 Å². The number of hydrogen-bond acceptors (Lipinski definition) is 7. The number of ketones is 2. The van der Waals surface area contributed by atoms with E-state index in [1.165, 1.54) is 0 Å². The van der Waals surface area contributed by atoms with Crippen LogP contribution in [0.3, 0.4) is 0 Å². The Kier molecular flexibility index (Phi) is 9.11. The molecule has 0 radical (unpaired) electrons. The molecule has 7 heteroatoms. The topological polar surface area (TPSA) is 125 Å². The molecular weight excluding hydrogens is 757 g/mol. The van der Waals surface area contributed by atoms with Crippen LogP contribution in [0.2, 0.25) is 0 Å². The highest BCUT2D eigenvalue weighted by molar-refractivity contribution is 6.02. The Morgan fingerprint density at radius 2 is 0.902 bits per heavy atom. The number of esters is 2. The highest BCUT2D eigenvalue weighted by Gasteiger charge is 2.73. The van der Waals surface area contributed by atoms with Crippen LogP contribution < -0.4 is 0 Å². The van der Waals surface area contributed by atoms with Crippen LogP contribution in [0, 0.1) is 125 Å². The first kappa shape index (κ1) is 41.9. The Morgan fingerprint density at radius 3 is 1.28 bits per heavy atom. The van der Waals surface area contributed by atoms with Gasteiger partial charge in [0.05, 0.1) is 22.0 Å². The van der Waals surface area contributed by atoms with Gasteiger partial charge >= 0.3 is 11.9 Å². The molecular formula is C54H72N2O5. The first-order valence-corrected chi connectivity index (χ1v) is 24.9. The van der Waals surface area contributed by atoms with Crippen molar-refractivity contribution in [1.82, 2.24) is 0 Å². The minimum atomic E-state index is -0.606. The lowest BCUT2D eigenvalue weighted by Crippen LogP contribution is -2.65. The van der Waals surface area contributed by atoms with Crippen molar-refractivity contribution in [1.29, 1.82) is 10.5 Å². The molecule has 0 aliphatic heterocycles. The second-order valence-electron chi connectivity index (χ2n) is 24.8. The standard InChI is InChI=1S/C54H72N2O5/c1-31-35-17-21-51(7)41(47(35,3)27-33(29-55)43(31)57)15-13-37-39-11-9-19-53(39,25-23-49(37,51)5)45(59)61-46(60)54-20-10-12-40(54)38-14-16-42-48(4)28-34(30-56)44(58)32(2)36(48)18-22-52(42,8)50(38,6)24-26-54/h27-28,31-32,35-42H,9-26H2,1-8H3/t31?,32?,35?,36?,37?,38?,39?,40?,41?,42?,47?,48?,49-,50-,51?,52?,53?,54?/m1/s1. The Balaban J connectivity index is 0.897. The molecule has 8 saturated carbocycles. The van der Waals surface area contributed by atoms with Gasteiger partial charge < -0.3 is 4.74 Å². The monoisotopic (exact) mass is 829 g/mol. The fraction of sp³-hybridized carbons (Fsp3) is 0.815. The van der Waals surface area contributed by atoms with Crippen molar-refractivity contribution in [2.24, 2.45) is 102 Å². The molecule has 0 aromatic rings. The number of carbonyl (C=O) groups is 4. The van der Waals surface area contributed by atoms with Gasteiger partial charge in [0.25, 0.3) is 0 Å². The van der Waals surface area contributed by atoms with Crippen molar-refractivity contribution in [2.45, 2.75) is 171 Å². The molecule has 10 rings (SSSR count). The summed E-state index contributed by atoms with van der Waals surface area (Å²) in [5, 5.41) is 20.0. The summed E-state index contributed by atoms with van der Waals surface area (Å²) in [6.45, 7) is 18.9. The number of carbonyl (C=O) groups excluding carboxylic acids is 4. The van der Waals surface area contributed by atoms with Crippen LogP contribution in [0.15, 0.2) is 23.3 Å². The third-order valence-corrected chi connectivity index (χ3v) is 23.9. The normalized spacial score (nSPS) is 54.3. The molecule has 18 atom stereocenters. The number of ether oxygens (including phenoxy) is 1. The minimum absolute atomic E-state index is 0.0150. The molecule has 0 aromatic carbocycles. The zero-order valence-electron chi connectivity index (χ0n) is 38.6. The van der Waals surface area contributed by atoms with E-state index in [1.54, 1.807) is 0 Å². The SMILES string of the molecule is CC1C(=O)C(C#N)=CC2(C)C1CCC1(C)C2CCC2C3CCCC3(C(=O)OC(=O)C34CCCC3C3CCC5C6(C)C=C(C#N)C(=O)C(C)C6CCC5(C)[C@]3(C)CC4)CC[C@]21C. The smallest absolute Gasteiger partial charge is 0.320 e. The molecule has 16 unspecified atom stereocenters. The predicted octanol–water partition coefficient (Wildman–Crippen LogP) is 11.5. The Labute approximate surface area is 365 Å². The molecule has 0 aromatic heterocycles. The second kappa shape index (κ2) is 13.3.